The number of nitrogens with zero attached hydrogens (tertiary/aromatic N) is 3. The number of hydrogen-bond donors (Lipinski definition) is 1. The van der Waals surface area contributed by atoms with E-state index in [0.29, 0.717) is 16.9 Å². The van der Waals surface area contributed by atoms with Crippen LogP contribution >= 0.6 is 0 Å². The van der Waals surface area contributed by atoms with E-state index in [1.165, 1.54) is 0 Å². The van der Waals surface area contributed by atoms with Gasteiger partial charge >= 0.3 is 5.97 Å². The third-order valence-electron chi connectivity index (χ3n) is 6.03. The molecule has 0 radical (unpaired) electrons. The molecule has 2 heterocycles. The second-order valence-corrected chi connectivity index (χ2v) is 8.39. The Labute approximate surface area is 202 Å². The maximum absolute atomic E-state index is 13.9. The molecule has 170 valence electrons. The van der Waals surface area contributed by atoms with Gasteiger partial charge in [-0.2, -0.15) is 5.26 Å². The van der Waals surface area contributed by atoms with Crippen molar-refractivity contribution in [2.75, 3.05) is 4.90 Å². The number of aryl methyl sites for hydroxylation is 1. The minimum atomic E-state index is -0.971. The third-order valence-corrected chi connectivity index (χ3v) is 6.03. The van der Waals surface area contributed by atoms with Crippen LogP contribution in [0.2, 0.25) is 0 Å². The Hall–Kier alpha value is -4.89. The second kappa shape index (κ2) is 8.81. The van der Waals surface area contributed by atoms with Gasteiger partial charge in [0.15, 0.2) is 0 Å². The molecule has 5 rings (SSSR count). The molecule has 6 nitrogen and oxygen atoms in total. The predicted molar refractivity (Wildman–Crippen MR) is 137 cm³/mol. The van der Waals surface area contributed by atoms with Crippen LogP contribution in [0.15, 0.2) is 78.5 Å². The van der Waals surface area contributed by atoms with Gasteiger partial charge < -0.3 is 9.67 Å². The highest BCUT2D eigenvalue weighted by Crippen LogP contribution is 2.37. The van der Waals surface area contributed by atoms with Crippen LogP contribution in [0.3, 0.4) is 0 Å². The number of amides is 1. The minimum Gasteiger partial charge on any atom is -0.480 e. The number of nitriles is 1. The average Bonchev–Trinajstić information content (AvgIpc) is 3.07. The highest BCUT2D eigenvalue weighted by molar-refractivity contribution is 6.18. The number of aliphatic carboxylic acids is 1. The van der Waals surface area contributed by atoms with Crippen molar-refractivity contribution in [1.29, 1.82) is 5.26 Å². The summed E-state index contributed by atoms with van der Waals surface area (Å²) in [7, 11) is 0. The van der Waals surface area contributed by atoms with E-state index in [1.54, 1.807) is 21.7 Å². The smallest absolute Gasteiger partial charge is 0.323 e. The van der Waals surface area contributed by atoms with Gasteiger partial charge in [-0.1, -0.05) is 60.7 Å². The molecule has 0 fully saturated rings. The summed E-state index contributed by atoms with van der Waals surface area (Å²) in [4.78, 5) is 26.9. The summed E-state index contributed by atoms with van der Waals surface area (Å²) in [5, 5.41) is 20.2. The van der Waals surface area contributed by atoms with E-state index in [0.717, 1.165) is 27.6 Å². The third kappa shape index (κ3) is 4.00. The highest BCUT2D eigenvalue weighted by atomic mass is 16.4. The molecule has 1 N–H and O–H groups in total. The zero-order valence-corrected chi connectivity index (χ0v) is 19.0. The number of para-hydroxylation sites is 2. The molecule has 1 aromatic heterocycles. The van der Waals surface area contributed by atoms with Gasteiger partial charge in [-0.3, -0.25) is 14.5 Å². The summed E-state index contributed by atoms with van der Waals surface area (Å²) in [5.41, 5.74) is 5.38. The molecule has 0 saturated heterocycles. The maximum Gasteiger partial charge on any atom is 0.323 e. The standard InChI is InChI=1S/C29H21N3O3/c1-19-10-13-24-23(17-31(18-28(33)34)27(24)14-19)15-22(16-30)29(35)32-25-8-4-2-6-20(25)11-12-21-7-3-5-9-26(21)32/h2-15,17H,18H2,1H3,(H,33,34)/b22-15+. The Balaban J connectivity index is 1.66. The van der Waals surface area contributed by atoms with Gasteiger partial charge in [0.25, 0.3) is 5.91 Å². The van der Waals surface area contributed by atoms with Crippen LogP contribution in [-0.4, -0.2) is 21.6 Å². The molecule has 1 aliphatic heterocycles. The molecule has 6 heteroatoms. The lowest BCUT2D eigenvalue weighted by Crippen LogP contribution is -2.28. The molecular weight excluding hydrogens is 438 g/mol. The Morgan fingerprint density at radius 3 is 2.20 bits per heavy atom. The first-order valence-electron chi connectivity index (χ1n) is 11.1. The molecule has 0 spiro atoms. The molecule has 1 amide bonds. The van der Waals surface area contributed by atoms with Gasteiger partial charge in [0.05, 0.1) is 11.4 Å². The number of fused-ring (bicyclic) bond motifs is 3. The van der Waals surface area contributed by atoms with E-state index in [4.69, 9.17) is 0 Å². The molecule has 4 aromatic rings. The molecular formula is C29H21N3O3. The van der Waals surface area contributed by atoms with Gasteiger partial charge in [-0.15, -0.1) is 0 Å². The highest BCUT2D eigenvalue weighted by Gasteiger charge is 2.27. The summed E-state index contributed by atoms with van der Waals surface area (Å²) >= 11 is 0. The number of rotatable bonds is 4. The fourth-order valence-corrected chi connectivity index (χ4v) is 4.43. The van der Waals surface area contributed by atoms with Gasteiger partial charge in [0, 0.05) is 22.7 Å². The molecule has 35 heavy (non-hydrogen) atoms. The van der Waals surface area contributed by atoms with Crippen molar-refractivity contribution < 1.29 is 14.7 Å². The number of benzene rings is 3. The summed E-state index contributed by atoms with van der Waals surface area (Å²) < 4.78 is 1.62. The number of hydrogen-bond acceptors (Lipinski definition) is 3. The summed E-state index contributed by atoms with van der Waals surface area (Å²) in [6, 6.07) is 22.9. The van der Waals surface area contributed by atoms with Crippen molar-refractivity contribution in [3.8, 4) is 6.07 Å². The first-order chi connectivity index (χ1) is 17.0. The topological polar surface area (TPSA) is 86.3 Å². The van der Waals surface area contributed by atoms with E-state index in [9.17, 15) is 20.0 Å². The molecule has 1 aliphatic rings. The Morgan fingerprint density at radius 2 is 1.60 bits per heavy atom. The first-order valence-corrected chi connectivity index (χ1v) is 11.1. The number of anilines is 2. The monoisotopic (exact) mass is 459 g/mol. The average molecular weight is 460 g/mol. The number of aromatic nitrogens is 1. The van der Waals surface area contributed by atoms with Gasteiger partial charge in [0.1, 0.15) is 18.2 Å². The van der Waals surface area contributed by atoms with Crippen LogP contribution in [0.25, 0.3) is 29.1 Å². The number of carboxylic acid groups (broad SMARTS) is 1. The zero-order chi connectivity index (χ0) is 24.5. The van der Waals surface area contributed by atoms with E-state index in [-0.39, 0.29) is 12.1 Å². The molecule has 0 saturated carbocycles. The van der Waals surface area contributed by atoms with Crippen LogP contribution < -0.4 is 4.90 Å². The van der Waals surface area contributed by atoms with Gasteiger partial charge in [-0.05, 0) is 47.9 Å². The van der Waals surface area contributed by atoms with Crippen LogP contribution in [0.4, 0.5) is 11.4 Å². The van der Waals surface area contributed by atoms with Crippen molar-refractivity contribution in [2.24, 2.45) is 0 Å². The molecule has 0 unspecified atom stereocenters. The molecule has 0 atom stereocenters. The Kier molecular flexibility index (Phi) is 5.52. The fraction of sp³-hybridized carbons (Fsp3) is 0.0690. The lowest BCUT2D eigenvalue weighted by Gasteiger charge is -2.24. The Morgan fingerprint density at radius 1 is 0.971 bits per heavy atom. The predicted octanol–water partition coefficient (Wildman–Crippen LogP) is 5.79. The molecule has 0 aliphatic carbocycles. The summed E-state index contributed by atoms with van der Waals surface area (Å²) in [6.07, 6.45) is 7.13. The lowest BCUT2D eigenvalue weighted by molar-refractivity contribution is -0.137. The van der Waals surface area contributed by atoms with E-state index < -0.39 is 11.9 Å². The van der Waals surface area contributed by atoms with Crippen molar-refractivity contribution in [1.82, 2.24) is 4.57 Å². The van der Waals surface area contributed by atoms with Crippen LogP contribution in [0.1, 0.15) is 22.3 Å². The first kappa shape index (κ1) is 21.9. The number of carboxylic acids is 1. The van der Waals surface area contributed by atoms with Crippen molar-refractivity contribution in [2.45, 2.75) is 13.5 Å². The Bertz CT molecular complexity index is 1550. The zero-order valence-electron chi connectivity index (χ0n) is 19.0. The number of carbonyl (C=O) groups excluding carboxylic acids is 1. The van der Waals surface area contributed by atoms with Crippen LogP contribution in [-0.2, 0) is 16.1 Å². The maximum atomic E-state index is 13.9. The molecule has 3 aromatic carbocycles. The quantitative estimate of drug-likeness (QED) is 0.309. The van der Waals surface area contributed by atoms with Crippen molar-refractivity contribution >= 4 is 52.4 Å². The van der Waals surface area contributed by atoms with E-state index >= 15 is 0 Å². The van der Waals surface area contributed by atoms with Crippen LogP contribution in [0, 0.1) is 18.3 Å². The summed E-state index contributed by atoms with van der Waals surface area (Å²) in [6.45, 7) is 1.71. The van der Waals surface area contributed by atoms with Crippen molar-refractivity contribution in [3.05, 3.63) is 101 Å². The van der Waals surface area contributed by atoms with Gasteiger partial charge in [-0.25, -0.2) is 0 Å². The second-order valence-electron chi connectivity index (χ2n) is 8.39. The van der Waals surface area contributed by atoms with E-state index in [2.05, 4.69) is 6.07 Å². The van der Waals surface area contributed by atoms with Crippen LogP contribution in [0.5, 0.6) is 0 Å². The summed E-state index contributed by atoms with van der Waals surface area (Å²) in [5.74, 6) is -1.43. The van der Waals surface area contributed by atoms with Crippen molar-refractivity contribution in [3.63, 3.8) is 0 Å². The fourth-order valence-electron chi connectivity index (χ4n) is 4.43. The normalized spacial score (nSPS) is 12.6. The SMILES string of the molecule is Cc1ccc2c(/C=C(\C#N)C(=O)N3c4ccccc4C=Cc4ccccc43)cn(CC(=O)O)c2c1. The largest absolute Gasteiger partial charge is 0.480 e. The molecule has 0 bridgehead atoms. The number of carbonyl (C=O) groups is 2. The van der Waals surface area contributed by atoms with Gasteiger partial charge in [0.2, 0.25) is 0 Å². The minimum absolute atomic E-state index is 0.0496. The van der Waals surface area contributed by atoms with E-state index in [1.807, 2.05) is 85.8 Å². The lowest BCUT2D eigenvalue weighted by atomic mass is 10.1.